The van der Waals surface area contributed by atoms with Crippen LogP contribution in [0.15, 0.2) is 42.7 Å². The highest BCUT2D eigenvalue weighted by Gasteiger charge is 2.12. The summed E-state index contributed by atoms with van der Waals surface area (Å²) in [6, 6.07) is 6.98. The quantitative estimate of drug-likeness (QED) is 0.760. The molecule has 2 aromatic heterocycles. The van der Waals surface area contributed by atoms with Crippen LogP contribution in [-0.4, -0.2) is 26.4 Å². The van der Waals surface area contributed by atoms with Crippen molar-refractivity contribution in [1.82, 2.24) is 9.38 Å². The number of benzene rings is 1. The summed E-state index contributed by atoms with van der Waals surface area (Å²) in [6.45, 7) is 0. The third-order valence-corrected chi connectivity index (χ3v) is 3.62. The highest BCUT2D eigenvalue weighted by molar-refractivity contribution is 6.33. The normalized spacial score (nSPS) is 10.8. The van der Waals surface area contributed by atoms with Crippen molar-refractivity contribution in [3.63, 3.8) is 0 Å². The summed E-state index contributed by atoms with van der Waals surface area (Å²) < 4.78 is 14.6. The molecule has 8 heteroatoms. The summed E-state index contributed by atoms with van der Waals surface area (Å²) >= 11 is 5.78. The first-order chi connectivity index (χ1) is 11.4. The van der Waals surface area contributed by atoms with Gasteiger partial charge in [-0.05, 0) is 30.3 Å². The molecule has 0 radical (unpaired) electrons. The van der Waals surface area contributed by atoms with E-state index in [1.807, 2.05) is 0 Å². The molecule has 0 bridgehead atoms. The first-order valence-electron chi connectivity index (χ1n) is 6.88. The first kappa shape index (κ1) is 15.9. The van der Waals surface area contributed by atoms with Gasteiger partial charge in [0.2, 0.25) is 5.91 Å². The lowest BCUT2D eigenvalue weighted by Gasteiger charge is -2.06. The average molecular weight is 348 g/mol. The van der Waals surface area contributed by atoms with Crippen molar-refractivity contribution in [2.24, 2.45) is 0 Å². The number of imidazole rings is 1. The van der Waals surface area contributed by atoms with Crippen LogP contribution in [0.5, 0.6) is 0 Å². The number of carbonyl (C=O) groups is 2. The molecule has 0 aliphatic carbocycles. The second kappa shape index (κ2) is 6.29. The number of rotatable bonds is 4. The monoisotopic (exact) mass is 347 g/mol. The number of carboxylic acid groups (broad SMARTS) is 1. The Bertz CT molecular complexity index is 955. The Morgan fingerprint density at radius 1 is 1.25 bits per heavy atom. The Kier molecular flexibility index (Phi) is 4.18. The van der Waals surface area contributed by atoms with Crippen molar-refractivity contribution in [2.45, 2.75) is 6.42 Å². The third-order valence-electron chi connectivity index (χ3n) is 3.29. The van der Waals surface area contributed by atoms with Crippen LogP contribution >= 0.6 is 11.6 Å². The van der Waals surface area contributed by atoms with E-state index in [-0.39, 0.29) is 22.9 Å². The van der Waals surface area contributed by atoms with Crippen LogP contribution in [0.2, 0.25) is 5.02 Å². The SMILES string of the molecule is O=C(Cc1cn2cc(F)ccc2n1)Nc1ccc(Cl)c(C(=O)O)c1. The minimum Gasteiger partial charge on any atom is -0.478 e. The topological polar surface area (TPSA) is 83.7 Å². The van der Waals surface area contributed by atoms with Gasteiger partial charge < -0.3 is 14.8 Å². The van der Waals surface area contributed by atoms with Gasteiger partial charge in [-0.1, -0.05) is 11.6 Å². The highest BCUT2D eigenvalue weighted by atomic mass is 35.5. The molecule has 2 N–H and O–H groups in total. The van der Waals surface area contributed by atoms with E-state index in [9.17, 15) is 14.0 Å². The number of anilines is 1. The number of pyridine rings is 1. The van der Waals surface area contributed by atoms with E-state index in [0.717, 1.165) is 0 Å². The van der Waals surface area contributed by atoms with Crippen LogP contribution in [0.3, 0.4) is 0 Å². The zero-order valence-corrected chi connectivity index (χ0v) is 12.9. The van der Waals surface area contributed by atoms with Gasteiger partial charge in [-0.2, -0.15) is 0 Å². The number of amides is 1. The maximum Gasteiger partial charge on any atom is 0.337 e. The van der Waals surface area contributed by atoms with Gasteiger partial charge in [-0.15, -0.1) is 0 Å². The predicted molar refractivity (Wildman–Crippen MR) is 85.9 cm³/mol. The fourth-order valence-electron chi connectivity index (χ4n) is 2.24. The molecule has 24 heavy (non-hydrogen) atoms. The van der Waals surface area contributed by atoms with Crippen LogP contribution in [0.4, 0.5) is 10.1 Å². The molecule has 6 nitrogen and oxygen atoms in total. The summed E-state index contributed by atoms with van der Waals surface area (Å²) in [7, 11) is 0. The van der Waals surface area contributed by atoms with E-state index in [1.165, 1.54) is 40.9 Å². The van der Waals surface area contributed by atoms with Gasteiger partial charge in [-0.3, -0.25) is 4.79 Å². The zero-order valence-electron chi connectivity index (χ0n) is 12.2. The summed E-state index contributed by atoms with van der Waals surface area (Å²) in [6.07, 6.45) is 2.79. The number of fused-ring (bicyclic) bond motifs is 1. The summed E-state index contributed by atoms with van der Waals surface area (Å²) in [5.74, 6) is -1.96. The minimum absolute atomic E-state index is 0.0334. The second-order valence-corrected chi connectivity index (χ2v) is 5.48. The molecule has 2 heterocycles. The number of aromatic nitrogens is 2. The van der Waals surface area contributed by atoms with Crippen LogP contribution in [0.25, 0.3) is 5.65 Å². The smallest absolute Gasteiger partial charge is 0.337 e. The Hall–Kier alpha value is -2.93. The highest BCUT2D eigenvalue weighted by Crippen LogP contribution is 2.20. The minimum atomic E-state index is -1.18. The number of aromatic carboxylic acids is 1. The molecule has 122 valence electrons. The standard InChI is InChI=1S/C16H11ClFN3O3/c17-13-3-2-10(5-12(13)16(23)24)20-15(22)6-11-8-21-7-9(18)1-4-14(21)19-11/h1-5,7-8H,6H2,(H,20,22)(H,23,24). The van der Waals surface area contributed by atoms with Gasteiger partial charge in [0, 0.05) is 18.1 Å². The number of nitrogens with one attached hydrogen (secondary N) is 1. The van der Waals surface area contributed by atoms with Crippen LogP contribution < -0.4 is 5.32 Å². The molecule has 0 aliphatic rings. The lowest BCUT2D eigenvalue weighted by molar-refractivity contribution is -0.115. The molecule has 0 aliphatic heterocycles. The Morgan fingerprint density at radius 3 is 2.79 bits per heavy atom. The summed E-state index contributed by atoms with van der Waals surface area (Å²) in [4.78, 5) is 27.3. The lowest BCUT2D eigenvalue weighted by Crippen LogP contribution is -2.15. The number of halogens is 2. The van der Waals surface area contributed by atoms with E-state index in [2.05, 4.69) is 10.3 Å². The molecule has 0 saturated heterocycles. The van der Waals surface area contributed by atoms with Gasteiger partial charge in [0.15, 0.2) is 0 Å². The molecular formula is C16H11ClFN3O3. The number of carbonyl (C=O) groups excluding carboxylic acids is 1. The molecule has 3 rings (SSSR count). The fraction of sp³-hybridized carbons (Fsp3) is 0.0625. The van der Waals surface area contributed by atoms with Crippen LogP contribution in [-0.2, 0) is 11.2 Å². The molecule has 0 atom stereocenters. The number of nitrogens with zero attached hydrogens (tertiary/aromatic N) is 2. The van der Waals surface area contributed by atoms with E-state index < -0.39 is 11.8 Å². The number of carboxylic acids is 1. The second-order valence-electron chi connectivity index (χ2n) is 5.07. The predicted octanol–water partition coefficient (Wildman–Crippen LogP) is 3.01. The van der Waals surface area contributed by atoms with Crippen molar-refractivity contribution >= 4 is 34.8 Å². The van der Waals surface area contributed by atoms with Gasteiger partial charge in [-0.25, -0.2) is 14.2 Å². The van der Waals surface area contributed by atoms with Gasteiger partial charge in [0.05, 0.1) is 22.7 Å². The summed E-state index contributed by atoms with van der Waals surface area (Å²) in [5, 5.41) is 11.7. The van der Waals surface area contributed by atoms with Crippen molar-refractivity contribution in [2.75, 3.05) is 5.32 Å². The van der Waals surface area contributed by atoms with Gasteiger partial charge in [0.25, 0.3) is 0 Å². The Morgan fingerprint density at radius 2 is 2.04 bits per heavy atom. The lowest BCUT2D eigenvalue weighted by atomic mass is 10.2. The molecule has 3 aromatic rings. The fourth-order valence-corrected chi connectivity index (χ4v) is 2.44. The van der Waals surface area contributed by atoms with Gasteiger partial charge in [0.1, 0.15) is 11.5 Å². The summed E-state index contributed by atoms with van der Waals surface area (Å²) in [5.41, 5.74) is 1.21. The van der Waals surface area contributed by atoms with E-state index >= 15 is 0 Å². The molecular weight excluding hydrogens is 337 g/mol. The number of hydrogen-bond donors (Lipinski definition) is 2. The molecule has 0 unspecified atom stereocenters. The maximum atomic E-state index is 13.1. The molecule has 0 fully saturated rings. The third kappa shape index (κ3) is 3.36. The van der Waals surface area contributed by atoms with E-state index in [1.54, 1.807) is 6.20 Å². The number of hydrogen-bond acceptors (Lipinski definition) is 3. The van der Waals surface area contributed by atoms with Crippen molar-refractivity contribution in [1.29, 1.82) is 0 Å². The first-order valence-corrected chi connectivity index (χ1v) is 7.26. The Labute approximate surface area is 140 Å². The molecule has 1 aromatic carbocycles. The largest absolute Gasteiger partial charge is 0.478 e. The van der Waals surface area contributed by atoms with E-state index in [0.29, 0.717) is 17.0 Å². The molecule has 0 saturated carbocycles. The molecule has 0 spiro atoms. The van der Waals surface area contributed by atoms with Crippen molar-refractivity contribution in [3.05, 3.63) is 64.8 Å². The van der Waals surface area contributed by atoms with Crippen LogP contribution in [0, 0.1) is 5.82 Å². The van der Waals surface area contributed by atoms with Gasteiger partial charge >= 0.3 is 5.97 Å². The maximum absolute atomic E-state index is 13.1. The molecule has 1 amide bonds. The van der Waals surface area contributed by atoms with Crippen molar-refractivity contribution < 1.29 is 19.1 Å². The zero-order chi connectivity index (χ0) is 17.3. The average Bonchev–Trinajstić information content (AvgIpc) is 2.90. The Balaban J connectivity index is 1.75. The van der Waals surface area contributed by atoms with Crippen molar-refractivity contribution in [3.8, 4) is 0 Å². The van der Waals surface area contributed by atoms with Crippen LogP contribution in [0.1, 0.15) is 16.1 Å². The van der Waals surface area contributed by atoms with E-state index in [4.69, 9.17) is 16.7 Å².